The Morgan fingerprint density at radius 2 is 1.71 bits per heavy atom. The van der Waals surface area contributed by atoms with E-state index >= 15 is 0 Å². The van der Waals surface area contributed by atoms with Gasteiger partial charge in [-0.15, -0.1) is 0 Å². The van der Waals surface area contributed by atoms with Crippen LogP contribution in [-0.4, -0.2) is 33.7 Å². The first-order chi connectivity index (χ1) is 11.3. The molecule has 5 nitrogen and oxygen atoms in total. The minimum atomic E-state index is -3.08. The SMILES string of the molecule is CS(=O)(=O)Cc1ccc(C(=O)NCCOc2ccc(Cl)cc2)cc1. The van der Waals surface area contributed by atoms with Crippen molar-refractivity contribution in [3.63, 3.8) is 0 Å². The molecular weight excluding hydrogens is 350 g/mol. The zero-order valence-corrected chi connectivity index (χ0v) is 14.7. The van der Waals surface area contributed by atoms with Crippen molar-refractivity contribution < 1.29 is 17.9 Å². The molecule has 0 bridgehead atoms. The maximum absolute atomic E-state index is 12.0. The molecule has 1 amide bonds. The number of halogens is 1. The molecule has 0 fully saturated rings. The van der Waals surface area contributed by atoms with Gasteiger partial charge in [0.15, 0.2) is 9.84 Å². The molecule has 24 heavy (non-hydrogen) atoms. The summed E-state index contributed by atoms with van der Waals surface area (Å²) < 4.78 is 27.9. The molecule has 0 saturated heterocycles. The standard InChI is InChI=1S/C17H18ClNO4S/c1-24(21,22)12-13-2-4-14(5-3-13)17(20)19-10-11-23-16-8-6-15(18)7-9-16/h2-9H,10-12H2,1H3,(H,19,20). The molecule has 0 aliphatic rings. The highest BCUT2D eigenvalue weighted by Crippen LogP contribution is 2.15. The summed E-state index contributed by atoms with van der Waals surface area (Å²) in [6, 6.07) is 13.5. The van der Waals surface area contributed by atoms with Crippen LogP contribution < -0.4 is 10.1 Å². The first kappa shape index (κ1) is 18.3. The Morgan fingerprint density at radius 3 is 2.29 bits per heavy atom. The number of hydrogen-bond acceptors (Lipinski definition) is 4. The molecule has 128 valence electrons. The molecule has 2 aromatic carbocycles. The van der Waals surface area contributed by atoms with Crippen LogP contribution in [0.1, 0.15) is 15.9 Å². The first-order valence-corrected chi connectivity index (χ1v) is 9.70. The van der Waals surface area contributed by atoms with E-state index in [9.17, 15) is 13.2 Å². The van der Waals surface area contributed by atoms with Gasteiger partial charge >= 0.3 is 0 Å². The molecular formula is C17H18ClNO4S. The summed E-state index contributed by atoms with van der Waals surface area (Å²) in [6.45, 7) is 0.687. The van der Waals surface area contributed by atoms with Gasteiger partial charge in [-0.25, -0.2) is 8.42 Å². The zero-order chi connectivity index (χ0) is 17.6. The van der Waals surface area contributed by atoms with Gasteiger partial charge in [-0.3, -0.25) is 4.79 Å². The van der Waals surface area contributed by atoms with Crippen LogP contribution in [-0.2, 0) is 15.6 Å². The summed E-state index contributed by atoms with van der Waals surface area (Å²) in [5, 5.41) is 3.37. The predicted molar refractivity (Wildman–Crippen MR) is 94.3 cm³/mol. The second kappa shape index (κ2) is 8.17. The van der Waals surface area contributed by atoms with Crippen molar-refractivity contribution in [2.75, 3.05) is 19.4 Å². The number of ether oxygens (including phenoxy) is 1. The van der Waals surface area contributed by atoms with E-state index in [0.29, 0.717) is 35.1 Å². The van der Waals surface area contributed by atoms with Gasteiger partial charge in [0, 0.05) is 16.8 Å². The number of carbonyl (C=O) groups is 1. The monoisotopic (exact) mass is 367 g/mol. The van der Waals surface area contributed by atoms with E-state index in [-0.39, 0.29) is 11.7 Å². The summed E-state index contributed by atoms with van der Waals surface area (Å²) in [7, 11) is -3.08. The van der Waals surface area contributed by atoms with E-state index in [1.165, 1.54) is 6.26 Å². The molecule has 0 unspecified atom stereocenters. The van der Waals surface area contributed by atoms with Gasteiger partial charge in [0.05, 0.1) is 12.3 Å². The maximum atomic E-state index is 12.0. The summed E-state index contributed by atoms with van der Waals surface area (Å²) in [6.07, 6.45) is 1.17. The average molecular weight is 368 g/mol. The topological polar surface area (TPSA) is 72.5 Å². The average Bonchev–Trinajstić information content (AvgIpc) is 2.52. The highest BCUT2D eigenvalue weighted by Gasteiger charge is 2.07. The fourth-order valence-corrected chi connectivity index (χ4v) is 2.95. The van der Waals surface area contributed by atoms with Gasteiger partial charge in [0.1, 0.15) is 12.4 Å². The van der Waals surface area contributed by atoms with E-state index in [1.807, 2.05) is 0 Å². The van der Waals surface area contributed by atoms with Gasteiger partial charge in [-0.1, -0.05) is 23.7 Å². The number of carbonyl (C=O) groups excluding carboxylic acids is 1. The summed E-state index contributed by atoms with van der Waals surface area (Å²) in [5.41, 5.74) is 1.12. The number of hydrogen-bond donors (Lipinski definition) is 1. The summed E-state index contributed by atoms with van der Waals surface area (Å²) in [4.78, 5) is 12.0. The summed E-state index contributed by atoms with van der Waals surface area (Å²) >= 11 is 5.78. The van der Waals surface area contributed by atoms with Gasteiger partial charge in [-0.05, 0) is 42.0 Å². The van der Waals surface area contributed by atoms with Gasteiger partial charge < -0.3 is 10.1 Å². The second-order valence-electron chi connectivity index (χ2n) is 5.33. The third-order valence-corrected chi connectivity index (χ3v) is 4.22. The van der Waals surface area contributed by atoms with E-state index in [1.54, 1.807) is 48.5 Å². The van der Waals surface area contributed by atoms with Crippen molar-refractivity contribution in [1.29, 1.82) is 0 Å². The Bertz CT molecular complexity index is 786. The van der Waals surface area contributed by atoms with Crippen molar-refractivity contribution in [3.05, 3.63) is 64.7 Å². The smallest absolute Gasteiger partial charge is 0.251 e. The fourth-order valence-electron chi connectivity index (χ4n) is 2.02. The lowest BCUT2D eigenvalue weighted by molar-refractivity contribution is 0.0947. The molecule has 1 N–H and O–H groups in total. The van der Waals surface area contributed by atoms with E-state index in [0.717, 1.165) is 0 Å². The Labute approximate surface area is 146 Å². The lowest BCUT2D eigenvalue weighted by Crippen LogP contribution is -2.28. The van der Waals surface area contributed by atoms with E-state index in [2.05, 4.69) is 5.32 Å². The van der Waals surface area contributed by atoms with E-state index < -0.39 is 9.84 Å². The van der Waals surface area contributed by atoms with Crippen LogP contribution in [0, 0.1) is 0 Å². The third kappa shape index (κ3) is 6.22. The van der Waals surface area contributed by atoms with E-state index in [4.69, 9.17) is 16.3 Å². The van der Waals surface area contributed by atoms with Crippen molar-refractivity contribution >= 4 is 27.3 Å². The fraction of sp³-hybridized carbons (Fsp3) is 0.235. The number of rotatable bonds is 7. The van der Waals surface area contributed by atoms with Crippen LogP contribution in [0.5, 0.6) is 5.75 Å². The molecule has 0 atom stereocenters. The molecule has 0 aliphatic heterocycles. The molecule has 0 aliphatic carbocycles. The van der Waals surface area contributed by atoms with Crippen molar-refractivity contribution in [2.24, 2.45) is 0 Å². The van der Waals surface area contributed by atoms with Crippen LogP contribution in [0.25, 0.3) is 0 Å². The zero-order valence-electron chi connectivity index (χ0n) is 13.2. The number of nitrogens with one attached hydrogen (secondary N) is 1. The van der Waals surface area contributed by atoms with Crippen LogP contribution in [0.4, 0.5) is 0 Å². The van der Waals surface area contributed by atoms with Crippen LogP contribution in [0.2, 0.25) is 5.02 Å². The molecule has 0 aromatic heterocycles. The number of sulfone groups is 1. The molecule has 2 rings (SSSR count). The normalized spacial score (nSPS) is 11.1. The van der Waals surface area contributed by atoms with Crippen molar-refractivity contribution in [1.82, 2.24) is 5.32 Å². The Balaban J connectivity index is 1.79. The largest absolute Gasteiger partial charge is 0.492 e. The summed E-state index contributed by atoms with van der Waals surface area (Å²) in [5.74, 6) is 0.406. The molecule has 0 saturated carbocycles. The van der Waals surface area contributed by atoms with Crippen molar-refractivity contribution in [3.8, 4) is 5.75 Å². The third-order valence-electron chi connectivity index (χ3n) is 3.11. The molecule has 2 aromatic rings. The minimum absolute atomic E-state index is 0.0379. The van der Waals surface area contributed by atoms with Gasteiger partial charge in [-0.2, -0.15) is 0 Å². The Morgan fingerprint density at radius 1 is 1.08 bits per heavy atom. The lowest BCUT2D eigenvalue weighted by Gasteiger charge is -2.08. The molecule has 0 spiro atoms. The van der Waals surface area contributed by atoms with Gasteiger partial charge in [0.2, 0.25) is 0 Å². The van der Waals surface area contributed by atoms with Crippen LogP contribution in [0.3, 0.4) is 0 Å². The maximum Gasteiger partial charge on any atom is 0.251 e. The minimum Gasteiger partial charge on any atom is -0.492 e. The Hall–Kier alpha value is -2.05. The first-order valence-electron chi connectivity index (χ1n) is 7.27. The molecule has 7 heteroatoms. The number of benzene rings is 2. The van der Waals surface area contributed by atoms with Crippen LogP contribution >= 0.6 is 11.6 Å². The highest BCUT2D eigenvalue weighted by atomic mass is 35.5. The highest BCUT2D eigenvalue weighted by molar-refractivity contribution is 7.89. The predicted octanol–water partition coefficient (Wildman–Crippen LogP) is 2.69. The van der Waals surface area contributed by atoms with Crippen LogP contribution in [0.15, 0.2) is 48.5 Å². The lowest BCUT2D eigenvalue weighted by atomic mass is 10.1. The van der Waals surface area contributed by atoms with Gasteiger partial charge in [0.25, 0.3) is 5.91 Å². The second-order valence-corrected chi connectivity index (χ2v) is 7.90. The van der Waals surface area contributed by atoms with Crippen molar-refractivity contribution in [2.45, 2.75) is 5.75 Å². The quantitative estimate of drug-likeness (QED) is 0.764. The Kier molecular flexibility index (Phi) is 6.23. The molecule has 0 radical (unpaired) electrons. The molecule has 0 heterocycles. The number of amides is 1.